The van der Waals surface area contributed by atoms with Crippen LogP contribution in [0, 0.1) is 0 Å². The molecule has 0 aromatic carbocycles. The fourth-order valence-electron chi connectivity index (χ4n) is 7.83. The molecule has 0 aromatic rings. The minimum atomic E-state index is -0.580. The first kappa shape index (κ1) is 63.1. The van der Waals surface area contributed by atoms with Crippen LogP contribution in [0.5, 0.6) is 0 Å². The molecule has 0 bridgehead atoms. The molecule has 0 saturated heterocycles. The molecule has 5 nitrogen and oxygen atoms in total. The van der Waals surface area contributed by atoms with Gasteiger partial charge in [-0.15, -0.1) is 0 Å². The molecule has 0 spiro atoms. The molecule has 0 saturated carbocycles. The first-order valence-electron chi connectivity index (χ1n) is 28.1. The van der Waals surface area contributed by atoms with E-state index in [9.17, 15) is 9.59 Å². The minimum absolute atomic E-state index is 0.0504. The van der Waals surface area contributed by atoms with E-state index in [1.54, 1.807) is 0 Å². The summed E-state index contributed by atoms with van der Waals surface area (Å²) in [5, 5.41) is 0. The molecular formula is C61H106O5. The Kier molecular flexibility index (Phi) is 53.9. The van der Waals surface area contributed by atoms with Crippen LogP contribution in [0.15, 0.2) is 85.1 Å². The molecule has 0 heterocycles. The molecule has 0 aliphatic rings. The molecule has 0 aromatic heterocycles. The van der Waals surface area contributed by atoms with Crippen molar-refractivity contribution >= 4 is 11.9 Å². The topological polar surface area (TPSA) is 61.8 Å². The van der Waals surface area contributed by atoms with Gasteiger partial charge in [0.15, 0.2) is 6.10 Å². The van der Waals surface area contributed by atoms with Gasteiger partial charge in [-0.3, -0.25) is 9.59 Å². The fourth-order valence-corrected chi connectivity index (χ4v) is 7.83. The molecule has 1 unspecified atom stereocenters. The summed E-state index contributed by atoms with van der Waals surface area (Å²) >= 11 is 0. The third kappa shape index (κ3) is 53.7. The first-order valence-corrected chi connectivity index (χ1v) is 28.1. The van der Waals surface area contributed by atoms with Crippen molar-refractivity contribution in [3.05, 3.63) is 85.1 Å². The van der Waals surface area contributed by atoms with Crippen LogP contribution >= 0.6 is 0 Å². The number of carbonyl (C=O) groups excluding carboxylic acids is 2. The Bertz CT molecular complexity index is 1220. The number of ether oxygens (including phenoxy) is 3. The van der Waals surface area contributed by atoms with E-state index < -0.39 is 6.10 Å². The standard InChI is InChI=1S/C61H106O5/c1-4-7-10-13-16-19-22-25-27-29-30-31-33-35-38-41-44-47-50-53-56-64-57-59(66-61(63)55-52-49-46-43-40-36-24-21-18-15-12-9-6-3)58-65-60(62)54-51-48-45-42-39-37-34-32-28-26-23-20-17-14-11-8-5-2/h8-9,11-12,17-18,20-21,26,28,36,40,46,49,59H,4-7,10,13-16,19,22-25,27,29-35,37-39,41-45,47-48,50-58H2,1-3H3/b11-8-,12-9-,20-17-,21-18-,28-26-,40-36-,49-46-. The highest BCUT2D eigenvalue weighted by molar-refractivity contribution is 5.70. The van der Waals surface area contributed by atoms with E-state index in [1.165, 1.54) is 141 Å². The molecule has 0 aliphatic heterocycles. The molecule has 0 fully saturated rings. The highest BCUT2D eigenvalue weighted by atomic mass is 16.6. The SMILES string of the molecule is CC/C=C\C/C=C\C/C=C\C/C=C\CCC(=O)OC(COCCCCCCCCCCCCCCCCCCCCCC)COC(=O)CCCCCCCCC/C=C\C/C=C\C/C=C\CC. The summed E-state index contributed by atoms with van der Waals surface area (Å²) in [5.41, 5.74) is 0. The van der Waals surface area contributed by atoms with Crippen LogP contribution in [0.1, 0.15) is 265 Å². The van der Waals surface area contributed by atoms with Crippen molar-refractivity contribution in [2.45, 2.75) is 271 Å². The van der Waals surface area contributed by atoms with Gasteiger partial charge in [0.1, 0.15) is 6.61 Å². The van der Waals surface area contributed by atoms with Crippen molar-refractivity contribution < 1.29 is 23.8 Å². The third-order valence-electron chi connectivity index (χ3n) is 11.9. The van der Waals surface area contributed by atoms with Gasteiger partial charge in [0.2, 0.25) is 0 Å². The van der Waals surface area contributed by atoms with Gasteiger partial charge in [0.25, 0.3) is 0 Å². The minimum Gasteiger partial charge on any atom is -0.462 e. The van der Waals surface area contributed by atoms with Crippen LogP contribution in [-0.4, -0.2) is 37.9 Å². The molecule has 0 amide bonds. The molecule has 1 atom stereocenters. The monoisotopic (exact) mass is 919 g/mol. The molecule has 0 rings (SSSR count). The van der Waals surface area contributed by atoms with E-state index in [1.807, 2.05) is 6.08 Å². The zero-order valence-corrected chi connectivity index (χ0v) is 43.7. The third-order valence-corrected chi connectivity index (χ3v) is 11.9. The van der Waals surface area contributed by atoms with Gasteiger partial charge in [0.05, 0.1) is 6.61 Å². The number of hydrogen-bond donors (Lipinski definition) is 0. The van der Waals surface area contributed by atoms with Crippen LogP contribution in [0.2, 0.25) is 0 Å². The Hall–Kier alpha value is -2.92. The fraction of sp³-hybridized carbons (Fsp3) is 0.738. The second-order valence-electron chi connectivity index (χ2n) is 18.4. The molecule has 0 aliphatic carbocycles. The predicted molar refractivity (Wildman–Crippen MR) is 288 cm³/mol. The van der Waals surface area contributed by atoms with Crippen molar-refractivity contribution in [1.29, 1.82) is 0 Å². The van der Waals surface area contributed by atoms with Crippen molar-refractivity contribution in [2.24, 2.45) is 0 Å². The van der Waals surface area contributed by atoms with Crippen LogP contribution in [-0.2, 0) is 23.8 Å². The molecule has 0 radical (unpaired) electrons. The van der Waals surface area contributed by atoms with Gasteiger partial charge in [-0.25, -0.2) is 0 Å². The van der Waals surface area contributed by atoms with Crippen molar-refractivity contribution in [2.75, 3.05) is 19.8 Å². The van der Waals surface area contributed by atoms with Crippen molar-refractivity contribution in [3.8, 4) is 0 Å². The number of esters is 2. The number of rotatable bonds is 51. The van der Waals surface area contributed by atoms with Crippen LogP contribution in [0.25, 0.3) is 0 Å². The summed E-state index contributed by atoms with van der Waals surface area (Å²) in [6.07, 6.45) is 74.8. The maximum Gasteiger partial charge on any atom is 0.306 e. The lowest BCUT2D eigenvalue weighted by Crippen LogP contribution is -2.30. The Labute approximate surface area is 409 Å². The second kappa shape index (κ2) is 56.4. The van der Waals surface area contributed by atoms with E-state index >= 15 is 0 Å². The summed E-state index contributed by atoms with van der Waals surface area (Å²) in [6.45, 7) is 7.54. The molecule has 0 N–H and O–H groups in total. The summed E-state index contributed by atoms with van der Waals surface area (Å²) < 4.78 is 17.4. The smallest absolute Gasteiger partial charge is 0.306 e. The summed E-state index contributed by atoms with van der Waals surface area (Å²) in [4.78, 5) is 25.4. The van der Waals surface area contributed by atoms with E-state index in [-0.39, 0.29) is 25.2 Å². The lowest BCUT2D eigenvalue weighted by molar-refractivity contribution is -0.162. The first-order chi connectivity index (χ1) is 32.6. The van der Waals surface area contributed by atoms with E-state index in [0.29, 0.717) is 25.9 Å². The Morgan fingerprint density at radius 3 is 1.15 bits per heavy atom. The second-order valence-corrected chi connectivity index (χ2v) is 18.4. The average molecular weight is 920 g/mol. The number of unbranched alkanes of at least 4 members (excludes halogenated alkanes) is 26. The van der Waals surface area contributed by atoms with Crippen LogP contribution < -0.4 is 0 Å². The quantitative estimate of drug-likeness (QED) is 0.0346. The number of carbonyl (C=O) groups is 2. The molecule has 380 valence electrons. The van der Waals surface area contributed by atoms with Gasteiger partial charge in [-0.2, -0.15) is 0 Å². The van der Waals surface area contributed by atoms with E-state index in [2.05, 4.69) is 99.8 Å². The highest BCUT2D eigenvalue weighted by Gasteiger charge is 2.17. The summed E-state index contributed by atoms with van der Waals surface area (Å²) in [6, 6.07) is 0. The normalized spacial score (nSPS) is 12.8. The lowest BCUT2D eigenvalue weighted by Gasteiger charge is -2.18. The number of allylic oxidation sites excluding steroid dienone is 14. The van der Waals surface area contributed by atoms with Gasteiger partial charge in [-0.1, -0.05) is 260 Å². The van der Waals surface area contributed by atoms with Gasteiger partial charge >= 0.3 is 11.9 Å². The van der Waals surface area contributed by atoms with Crippen LogP contribution in [0.3, 0.4) is 0 Å². The Balaban J connectivity index is 4.29. The Morgan fingerprint density at radius 2 is 0.712 bits per heavy atom. The van der Waals surface area contributed by atoms with Crippen LogP contribution in [0.4, 0.5) is 0 Å². The number of hydrogen-bond acceptors (Lipinski definition) is 5. The van der Waals surface area contributed by atoms with Gasteiger partial charge in [-0.05, 0) is 77.0 Å². The zero-order valence-electron chi connectivity index (χ0n) is 43.7. The largest absolute Gasteiger partial charge is 0.462 e. The Morgan fingerprint density at radius 1 is 0.348 bits per heavy atom. The molecule has 66 heavy (non-hydrogen) atoms. The predicted octanol–water partition coefficient (Wildman–Crippen LogP) is 19.2. The van der Waals surface area contributed by atoms with Gasteiger partial charge < -0.3 is 14.2 Å². The maximum absolute atomic E-state index is 12.8. The summed E-state index contributed by atoms with van der Waals surface area (Å²) in [5.74, 6) is -0.496. The van der Waals surface area contributed by atoms with Gasteiger partial charge in [0, 0.05) is 19.4 Å². The molecular weight excluding hydrogens is 813 g/mol. The average Bonchev–Trinajstić information content (AvgIpc) is 3.32. The van der Waals surface area contributed by atoms with Crippen molar-refractivity contribution in [1.82, 2.24) is 0 Å². The maximum atomic E-state index is 12.8. The van der Waals surface area contributed by atoms with E-state index in [4.69, 9.17) is 14.2 Å². The van der Waals surface area contributed by atoms with E-state index in [0.717, 1.165) is 83.5 Å². The summed E-state index contributed by atoms with van der Waals surface area (Å²) in [7, 11) is 0. The zero-order chi connectivity index (χ0) is 47.7. The van der Waals surface area contributed by atoms with Crippen molar-refractivity contribution in [3.63, 3.8) is 0 Å². The highest BCUT2D eigenvalue weighted by Crippen LogP contribution is 2.16. The lowest BCUT2D eigenvalue weighted by atomic mass is 10.0. The molecule has 5 heteroatoms.